The summed E-state index contributed by atoms with van der Waals surface area (Å²) < 4.78 is 5.73. The first-order valence-corrected chi connectivity index (χ1v) is 8.21. The van der Waals surface area contributed by atoms with Crippen molar-refractivity contribution in [2.24, 2.45) is 0 Å². The molecule has 0 unspecified atom stereocenters. The van der Waals surface area contributed by atoms with Gasteiger partial charge >= 0.3 is 0 Å². The molecule has 1 aliphatic heterocycles. The first-order chi connectivity index (χ1) is 11.2. The van der Waals surface area contributed by atoms with Crippen LogP contribution in [0.2, 0.25) is 5.02 Å². The van der Waals surface area contributed by atoms with Crippen LogP contribution in [0.5, 0.6) is 5.75 Å². The lowest BCUT2D eigenvalue weighted by atomic mass is 10.0. The molecule has 0 radical (unpaired) electrons. The molecule has 1 aromatic heterocycles. The van der Waals surface area contributed by atoms with E-state index in [-0.39, 0.29) is 11.9 Å². The average Bonchev–Trinajstić information content (AvgIpc) is 2.76. The lowest BCUT2D eigenvalue weighted by molar-refractivity contribution is -0.121. The number of fused-ring (bicyclic) bond motifs is 1. The van der Waals surface area contributed by atoms with Crippen molar-refractivity contribution in [3.8, 4) is 5.75 Å². The van der Waals surface area contributed by atoms with Gasteiger partial charge in [-0.1, -0.05) is 17.7 Å². The number of pyridine rings is 1. The van der Waals surface area contributed by atoms with E-state index in [9.17, 15) is 4.79 Å². The monoisotopic (exact) mass is 330 g/mol. The van der Waals surface area contributed by atoms with Crippen molar-refractivity contribution in [1.82, 2.24) is 10.3 Å². The van der Waals surface area contributed by atoms with Crippen LogP contribution in [0.15, 0.2) is 42.7 Å². The van der Waals surface area contributed by atoms with Crippen LogP contribution in [-0.4, -0.2) is 17.5 Å². The molecule has 1 amide bonds. The Morgan fingerprint density at radius 2 is 2.13 bits per heavy atom. The van der Waals surface area contributed by atoms with Crippen LogP contribution in [0.1, 0.15) is 36.4 Å². The Morgan fingerprint density at radius 3 is 2.96 bits per heavy atom. The van der Waals surface area contributed by atoms with E-state index in [1.54, 1.807) is 12.4 Å². The summed E-state index contributed by atoms with van der Waals surface area (Å²) in [6.07, 6.45) is 6.44. The predicted molar refractivity (Wildman–Crippen MR) is 89.6 cm³/mol. The first kappa shape index (κ1) is 15.8. The third kappa shape index (κ3) is 4.23. The summed E-state index contributed by atoms with van der Waals surface area (Å²) in [5.41, 5.74) is 2.12. The second-order valence-electron chi connectivity index (χ2n) is 5.65. The highest BCUT2D eigenvalue weighted by molar-refractivity contribution is 6.30. The lowest BCUT2D eigenvalue weighted by Gasteiger charge is -2.18. The maximum atomic E-state index is 12.3. The Hall–Kier alpha value is -2.07. The van der Waals surface area contributed by atoms with Gasteiger partial charge < -0.3 is 10.1 Å². The molecule has 0 aliphatic carbocycles. The number of hydrogen-bond acceptors (Lipinski definition) is 3. The molecule has 0 bridgehead atoms. The average molecular weight is 331 g/mol. The van der Waals surface area contributed by atoms with Gasteiger partial charge in [0.15, 0.2) is 0 Å². The molecule has 4 nitrogen and oxygen atoms in total. The van der Waals surface area contributed by atoms with Gasteiger partial charge in [-0.2, -0.15) is 0 Å². The van der Waals surface area contributed by atoms with Gasteiger partial charge in [-0.3, -0.25) is 9.78 Å². The third-order valence-electron chi connectivity index (χ3n) is 3.97. The van der Waals surface area contributed by atoms with Crippen molar-refractivity contribution in [3.05, 3.63) is 58.9 Å². The van der Waals surface area contributed by atoms with Gasteiger partial charge in [0, 0.05) is 29.4 Å². The molecule has 2 aromatic rings. The molecule has 5 heteroatoms. The van der Waals surface area contributed by atoms with Crippen molar-refractivity contribution < 1.29 is 9.53 Å². The maximum Gasteiger partial charge on any atom is 0.220 e. The molecule has 1 aliphatic rings. The van der Waals surface area contributed by atoms with Gasteiger partial charge in [-0.15, -0.1) is 0 Å². The minimum atomic E-state index is -0.0188. The second kappa shape index (κ2) is 7.47. The fourth-order valence-corrected chi connectivity index (χ4v) is 2.93. The number of ether oxygens (including phenoxy) is 1. The van der Waals surface area contributed by atoms with Crippen molar-refractivity contribution in [2.45, 2.75) is 31.7 Å². The minimum Gasteiger partial charge on any atom is -0.493 e. The van der Waals surface area contributed by atoms with Crippen LogP contribution in [0.25, 0.3) is 0 Å². The fourth-order valence-electron chi connectivity index (χ4n) is 2.77. The lowest BCUT2D eigenvalue weighted by Crippen LogP contribution is -2.28. The Bertz CT molecular complexity index is 676. The molecule has 0 spiro atoms. The molecule has 1 N–H and O–H groups in total. The number of rotatable bonds is 4. The van der Waals surface area contributed by atoms with Crippen LogP contribution >= 0.6 is 11.6 Å². The highest BCUT2D eigenvalue weighted by atomic mass is 35.5. The summed E-state index contributed by atoms with van der Waals surface area (Å²) in [6, 6.07) is 9.45. The highest BCUT2D eigenvalue weighted by Crippen LogP contribution is 2.33. The molecular formula is C18H19ClN2O2. The molecule has 2 heterocycles. The number of nitrogens with one attached hydrogen (secondary N) is 1. The zero-order chi connectivity index (χ0) is 16.1. The number of carbonyl (C=O) groups excluding carboxylic acids is 1. The van der Waals surface area contributed by atoms with E-state index in [0.717, 1.165) is 29.7 Å². The molecule has 0 fully saturated rings. The molecule has 3 rings (SSSR count). The Morgan fingerprint density at radius 1 is 1.30 bits per heavy atom. The third-order valence-corrected chi connectivity index (χ3v) is 4.21. The molecule has 0 saturated heterocycles. The number of halogens is 1. The topological polar surface area (TPSA) is 51.2 Å². The number of amides is 1. The van der Waals surface area contributed by atoms with E-state index < -0.39 is 0 Å². The second-order valence-corrected chi connectivity index (χ2v) is 6.08. The molecule has 0 saturated carbocycles. The van der Waals surface area contributed by atoms with E-state index >= 15 is 0 Å². The normalized spacial score (nSPS) is 16.8. The SMILES string of the molecule is O=C(CCc1ccncc1)N[C@H]1CCCOc2cc(Cl)ccc21. The zero-order valence-electron chi connectivity index (χ0n) is 12.8. The van der Waals surface area contributed by atoms with Gasteiger partial charge in [0.1, 0.15) is 5.75 Å². The zero-order valence-corrected chi connectivity index (χ0v) is 13.6. The summed E-state index contributed by atoms with van der Waals surface area (Å²) in [5, 5.41) is 3.77. The fraction of sp³-hybridized carbons (Fsp3) is 0.333. The summed E-state index contributed by atoms with van der Waals surface area (Å²) in [6.45, 7) is 0.650. The van der Waals surface area contributed by atoms with Crippen LogP contribution < -0.4 is 10.1 Å². The Kier molecular flexibility index (Phi) is 5.13. The largest absolute Gasteiger partial charge is 0.493 e. The molecule has 1 aromatic carbocycles. The smallest absolute Gasteiger partial charge is 0.220 e. The van der Waals surface area contributed by atoms with Crippen LogP contribution in [0.4, 0.5) is 0 Å². The van der Waals surface area contributed by atoms with Gasteiger partial charge in [0.25, 0.3) is 0 Å². The van der Waals surface area contributed by atoms with E-state index in [0.29, 0.717) is 24.5 Å². The van der Waals surface area contributed by atoms with Gasteiger partial charge in [0.05, 0.1) is 12.6 Å². The number of aryl methyl sites for hydroxylation is 1. The Balaban J connectivity index is 1.64. The highest BCUT2D eigenvalue weighted by Gasteiger charge is 2.21. The van der Waals surface area contributed by atoms with Crippen molar-refractivity contribution >= 4 is 17.5 Å². The van der Waals surface area contributed by atoms with Crippen LogP contribution in [0.3, 0.4) is 0 Å². The summed E-state index contributed by atoms with van der Waals surface area (Å²) >= 11 is 6.03. The first-order valence-electron chi connectivity index (χ1n) is 7.83. The summed E-state index contributed by atoms with van der Waals surface area (Å²) in [4.78, 5) is 16.3. The van der Waals surface area contributed by atoms with E-state index in [4.69, 9.17) is 16.3 Å². The van der Waals surface area contributed by atoms with Crippen LogP contribution in [0, 0.1) is 0 Å². The Labute approximate surface area is 140 Å². The van der Waals surface area contributed by atoms with Crippen molar-refractivity contribution in [1.29, 1.82) is 0 Å². The van der Waals surface area contributed by atoms with Crippen LogP contribution in [-0.2, 0) is 11.2 Å². The van der Waals surface area contributed by atoms with Gasteiger partial charge in [0.2, 0.25) is 5.91 Å². The predicted octanol–water partition coefficient (Wildman–Crippen LogP) is 3.70. The van der Waals surface area contributed by atoms with E-state index in [2.05, 4.69) is 10.3 Å². The van der Waals surface area contributed by atoms with Gasteiger partial charge in [-0.25, -0.2) is 0 Å². The van der Waals surface area contributed by atoms with Gasteiger partial charge in [-0.05, 0) is 49.1 Å². The molecule has 23 heavy (non-hydrogen) atoms. The van der Waals surface area contributed by atoms with E-state index in [1.807, 2.05) is 30.3 Å². The summed E-state index contributed by atoms with van der Waals surface area (Å²) in [7, 11) is 0. The number of aromatic nitrogens is 1. The number of hydrogen-bond donors (Lipinski definition) is 1. The molecule has 1 atom stereocenters. The van der Waals surface area contributed by atoms with Crippen molar-refractivity contribution in [2.75, 3.05) is 6.61 Å². The standard InChI is InChI=1S/C18H19ClN2O2/c19-14-4-5-15-16(2-1-11-23-17(15)12-14)21-18(22)6-3-13-7-9-20-10-8-13/h4-5,7-10,12,16H,1-3,6,11H2,(H,21,22)/t16-/m0/s1. The number of nitrogens with zero attached hydrogens (tertiary/aromatic N) is 1. The minimum absolute atomic E-state index is 0.0188. The summed E-state index contributed by atoms with van der Waals surface area (Å²) in [5.74, 6) is 0.823. The number of carbonyl (C=O) groups is 1. The maximum absolute atomic E-state index is 12.3. The molecular weight excluding hydrogens is 312 g/mol. The van der Waals surface area contributed by atoms with E-state index in [1.165, 1.54) is 0 Å². The quantitative estimate of drug-likeness (QED) is 0.930. The number of benzene rings is 1. The van der Waals surface area contributed by atoms with Crippen molar-refractivity contribution in [3.63, 3.8) is 0 Å². The molecule has 120 valence electrons.